The van der Waals surface area contributed by atoms with Crippen molar-refractivity contribution in [3.05, 3.63) is 12.2 Å². The molecular formula is C15H26O. The van der Waals surface area contributed by atoms with Gasteiger partial charge in [0.1, 0.15) is 0 Å². The number of hydrogen-bond donors (Lipinski definition) is 1. The van der Waals surface area contributed by atoms with Gasteiger partial charge in [-0.1, -0.05) is 33.3 Å². The lowest BCUT2D eigenvalue weighted by atomic mass is 9.54. The molecule has 4 atom stereocenters. The lowest BCUT2D eigenvalue weighted by Gasteiger charge is -2.51. The van der Waals surface area contributed by atoms with Crippen LogP contribution in [0.2, 0.25) is 0 Å². The number of aliphatic hydroxyl groups is 1. The van der Waals surface area contributed by atoms with E-state index in [4.69, 9.17) is 0 Å². The summed E-state index contributed by atoms with van der Waals surface area (Å²) in [6.07, 6.45) is 8.10. The smallest absolute Gasteiger partial charge is 0.0641 e. The Kier molecular flexibility index (Phi) is 3.44. The summed E-state index contributed by atoms with van der Waals surface area (Å²) in [6.45, 7) is 9.13. The largest absolute Gasteiger partial charge is 0.392 e. The number of rotatable bonds is 2. The van der Waals surface area contributed by atoms with Crippen LogP contribution in [0.25, 0.3) is 0 Å². The van der Waals surface area contributed by atoms with E-state index in [1.54, 1.807) is 0 Å². The first kappa shape index (κ1) is 12.2. The maximum absolute atomic E-state index is 9.21. The van der Waals surface area contributed by atoms with Gasteiger partial charge in [-0.25, -0.2) is 0 Å². The predicted molar refractivity (Wildman–Crippen MR) is 68.2 cm³/mol. The van der Waals surface area contributed by atoms with Gasteiger partial charge in [0.25, 0.3) is 0 Å². The molecule has 2 rings (SSSR count). The maximum atomic E-state index is 9.21. The molecule has 0 radical (unpaired) electrons. The van der Waals surface area contributed by atoms with Crippen molar-refractivity contribution in [1.82, 2.24) is 0 Å². The third-order valence-electron chi connectivity index (χ3n) is 5.37. The van der Waals surface area contributed by atoms with E-state index in [0.717, 1.165) is 17.4 Å². The van der Waals surface area contributed by atoms with Gasteiger partial charge in [0.15, 0.2) is 0 Å². The van der Waals surface area contributed by atoms with Gasteiger partial charge in [0, 0.05) is 0 Å². The second-order valence-electron chi connectivity index (χ2n) is 6.42. The van der Waals surface area contributed by atoms with Crippen molar-refractivity contribution >= 4 is 0 Å². The standard InChI is InChI=1S/C15H26O/c1-11-5-4-7-15(3)8-6-13(9-14(11)15)12(2)10-16/h11,13-14,16H,2,4-10H2,1,3H3. The Labute approximate surface area is 99.9 Å². The molecule has 0 aromatic heterocycles. The minimum atomic E-state index is 0.183. The molecule has 1 nitrogen and oxygen atoms in total. The summed E-state index contributed by atoms with van der Waals surface area (Å²) in [6, 6.07) is 0. The van der Waals surface area contributed by atoms with Crippen molar-refractivity contribution < 1.29 is 5.11 Å². The van der Waals surface area contributed by atoms with Crippen molar-refractivity contribution in [2.24, 2.45) is 23.2 Å². The van der Waals surface area contributed by atoms with Crippen LogP contribution in [0.15, 0.2) is 12.2 Å². The van der Waals surface area contributed by atoms with E-state index in [2.05, 4.69) is 20.4 Å². The van der Waals surface area contributed by atoms with E-state index in [1.165, 1.54) is 38.5 Å². The van der Waals surface area contributed by atoms with Gasteiger partial charge in [-0.2, -0.15) is 0 Å². The molecule has 0 spiro atoms. The SMILES string of the molecule is C=C(CO)C1CCC2(C)CCCC(C)C2C1. The average Bonchev–Trinajstić information content (AvgIpc) is 2.27. The first-order valence-electron chi connectivity index (χ1n) is 6.85. The summed E-state index contributed by atoms with van der Waals surface area (Å²) in [7, 11) is 0. The zero-order valence-corrected chi connectivity index (χ0v) is 10.8. The molecule has 0 aliphatic heterocycles. The molecule has 1 N–H and O–H groups in total. The summed E-state index contributed by atoms with van der Waals surface area (Å²) in [5, 5.41) is 9.21. The highest BCUT2D eigenvalue weighted by atomic mass is 16.3. The van der Waals surface area contributed by atoms with Crippen molar-refractivity contribution in [2.75, 3.05) is 6.61 Å². The minimum absolute atomic E-state index is 0.183. The molecule has 0 aromatic carbocycles. The summed E-state index contributed by atoms with van der Waals surface area (Å²) < 4.78 is 0. The van der Waals surface area contributed by atoms with Gasteiger partial charge in [-0.3, -0.25) is 0 Å². The summed E-state index contributed by atoms with van der Waals surface area (Å²) in [5.74, 6) is 2.32. The van der Waals surface area contributed by atoms with E-state index in [9.17, 15) is 5.11 Å². The second-order valence-corrected chi connectivity index (χ2v) is 6.42. The third kappa shape index (κ3) is 2.07. The highest BCUT2D eigenvalue weighted by Gasteiger charge is 2.44. The van der Waals surface area contributed by atoms with Crippen LogP contribution in [0.1, 0.15) is 52.4 Å². The fourth-order valence-electron chi connectivity index (χ4n) is 4.16. The van der Waals surface area contributed by atoms with Crippen LogP contribution in [0.4, 0.5) is 0 Å². The van der Waals surface area contributed by atoms with Crippen LogP contribution in [0.5, 0.6) is 0 Å². The molecule has 0 aromatic rings. The maximum Gasteiger partial charge on any atom is 0.0641 e. The first-order valence-corrected chi connectivity index (χ1v) is 6.85. The van der Waals surface area contributed by atoms with Crippen LogP contribution < -0.4 is 0 Å². The van der Waals surface area contributed by atoms with E-state index >= 15 is 0 Å². The molecule has 4 unspecified atom stereocenters. The van der Waals surface area contributed by atoms with Gasteiger partial charge in [-0.05, 0) is 54.4 Å². The minimum Gasteiger partial charge on any atom is -0.392 e. The molecule has 1 heteroatoms. The van der Waals surface area contributed by atoms with Crippen molar-refractivity contribution in [3.63, 3.8) is 0 Å². The molecule has 0 bridgehead atoms. The Hall–Kier alpha value is -0.300. The fraction of sp³-hybridized carbons (Fsp3) is 0.867. The lowest BCUT2D eigenvalue weighted by Crippen LogP contribution is -2.41. The van der Waals surface area contributed by atoms with Crippen molar-refractivity contribution in [3.8, 4) is 0 Å². The molecule has 2 saturated carbocycles. The predicted octanol–water partition coefficient (Wildman–Crippen LogP) is 3.78. The fourth-order valence-corrected chi connectivity index (χ4v) is 4.16. The quantitative estimate of drug-likeness (QED) is 0.705. The topological polar surface area (TPSA) is 20.2 Å². The van der Waals surface area contributed by atoms with Crippen LogP contribution in [-0.4, -0.2) is 11.7 Å². The Morgan fingerprint density at radius 2 is 2.12 bits per heavy atom. The number of fused-ring (bicyclic) bond motifs is 1. The summed E-state index contributed by atoms with van der Waals surface area (Å²) in [4.78, 5) is 0. The van der Waals surface area contributed by atoms with E-state index < -0.39 is 0 Å². The van der Waals surface area contributed by atoms with Gasteiger partial charge in [0.05, 0.1) is 6.61 Å². The second kappa shape index (κ2) is 4.52. The van der Waals surface area contributed by atoms with Gasteiger partial charge < -0.3 is 5.11 Å². The Morgan fingerprint density at radius 3 is 2.81 bits per heavy atom. The molecule has 0 amide bonds. The van der Waals surface area contributed by atoms with Crippen LogP contribution in [0.3, 0.4) is 0 Å². The molecule has 92 valence electrons. The van der Waals surface area contributed by atoms with E-state index in [-0.39, 0.29) is 6.61 Å². The summed E-state index contributed by atoms with van der Waals surface area (Å²) >= 11 is 0. The van der Waals surface area contributed by atoms with E-state index in [1.807, 2.05) is 0 Å². The molecule has 2 aliphatic rings. The van der Waals surface area contributed by atoms with Gasteiger partial charge in [0.2, 0.25) is 0 Å². The third-order valence-corrected chi connectivity index (χ3v) is 5.37. The normalized spacial score (nSPS) is 43.8. The van der Waals surface area contributed by atoms with Crippen LogP contribution in [0, 0.1) is 23.2 Å². The number of aliphatic hydroxyl groups excluding tert-OH is 1. The zero-order valence-electron chi connectivity index (χ0n) is 10.8. The monoisotopic (exact) mass is 222 g/mol. The molecule has 0 saturated heterocycles. The Balaban J connectivity index is 2.09. The molecule has 0 heterocycles. The molecule has 16 heavy (non-hydrogen) atoms. The van der Waals surface area contributed by atoms with Gasteiger partial charge >= 0.3 is 0 Å². The Morgan fingerprint density at radius 1 is 1.38 bits per heavy atom. The average molecular weight is 222 g/mol. The molecule has 2 aliphatic carbocycles. The van der Waals surface area contributed by atoms with Crippen LogP contribution >= 0.6 is 0 Å². The van der Waals surface area contributed by atoms with Gasteiger partial charge in [-0.15, -0.1) is 0 Å². The van der Waals surface area contributed by atoms with Crippen molar-refractivity contribution in [2.45, 2.75) is 52.4 Å². The number of hydrogen-bond acceptors (Lipinski definition) is 1. The highest BCUT2D eigenvalue weighted by Crippen LogP contribution is 2.54. The first-order chi connectivity index (χ1) is 7.57. The molecule has 2 fully saturated rings. The lowest BCUT2D eigenvalue weighted by molar-refractivity contribution is 0.00567. The van der Waals surface area contributed by atoms with Crippen molar-refractivity contribution in [1.29, 1.82) is 0 Å². The highest BCUT2D eigenvalue weighted by molar-refractivity contribution is 5.06. The zero-order chi connectivity index (χ0) is 11.8. The molecular weight excluding hydrogens is 196 g/mol. The summed E-state index contributed by atoms with van der Waals surface area (Å²) in [5.41, 5.74) is 1.66. The Bertz CT molecular complexity index is 271. The van der Waals surface area contributed by atoms with E-state index in [0.29, 0.717) is 11.3 Å². The van der Waals surface area contributed by atoms with Crippen LogP contribution in [-0.2, 0) is 0 Å².